The monoisotopic (exact) mass is 540 g/mol. The average Bonchev–Trinajstić information content (AvgIpc) is 3.37. The first-order chi connectivity index (χ1) is 16.6. The van der Waals surface area contributed by atoms with Crippen molar-refractivity contribution in [3.05, 3.63) is 62.5 Å². The molecule has 1 aromatic carbocycles. The number of carbonyl (C=O) groups excluding carboxylic acids is 1. The summed E-state index contributed by atoms with van der Waals surface area (Å²) >= 11 is 7.79. The van der Waals surface area contributed by atoms with Crippen molar-refractivity contribution in [3.63, 3.8) is 0 Å². The first kappa shape index (κ1) is 25.7. The van der Waals surface area contributed by atoms with Crippen molar-refractivity contribution in [2.75, 3.05) is 20.4 Å². The molecule has 2 aliphatic rings. The molecule has 4 rings (SSSR count). The van der Waals surface area contributed by atoms with E-state index in [0.717, 1.165) is 0 Å². The van der Waals surface area contributed by atoms with E-state index >= 15 is 0 Å². The highest BCUT2D eigenvalue weighted by molar-refractivity contribution is 7.88. The van der Waals surface area contributed by atoms with Gasteiger partial charge in [0.1, 0.15) is 11.9 Å². The molecular weight excluding hydrogens is 515 g/mol. The summed E-state index contributed by atoms with van der Waals surface area (Å²) < 4.78 is 44.4. The summed E-state index contributed by atoms with van der Waals surface area (Å²) in [6.07, 6.45) is 5.45. The van der Waals surface area contributed by atoms with E-state index < -0.39 is 27.9 Å². The minimum absolute atomic E-state index is 0.0690. The molecule has 1 unspecified atom stereocenters. The molecule has 0 spiro atoms. The minimum atomic E-state index is -3.30. The van der Waals surface area contributed by atoms with Crippen LogP contribution in [-0.2, 0) is 19.6 Å². The van der Waals surface area contributed by atoms with Crippen LogP contribution in [0.2, 0.25) is 5.02 Å². The Morgan fingerprint density at radius 1 is 1.29 bits per heavy atom. The summed E-state index contributed by atoms with van der Waals surface area (Å²) in [5, 5.41) is 5.94. The van der Waals surface area contributed by atoms with Gasteiger partial charge in [-0.2, -0.15) is 0 Å². The number of esters is 1. The van der Waals surface area contributed by atoms with Gasteiger partial charge < -0.3 is 10.1 Å². The molecule has 1 aromatic heterocycles. The number of methoxy groups -OCH3 is 1. The van der Waals surface area contributed by atoms with Crippen molar-refractivity contribution in [2.45, 2.75) is 37.8 Å². The van der Waals surface area contributed by atoms with Crippen molar-refractivity contribution >= 4 is 44.8 Å². The molecule has 0 saturated heterocycles. The number of rotatable bonds is 6. The number of thiazole rings is 1. The van der Waals surface area contributed by atoms with Crippen LogP contribution in [0.3, 0.4) is 0 Å². The summed E-state index contributed by atoms with van der Waals surface area (Å²) in [7, 11) is -0.409. The van der Waals surface area contributed by atoms with Crippen LogP contribution in [-0.4, -0.2) is 56.0 Å². The van der Waals surface area contributed by atoms with Crippen LogP contribution in [0.4, 0.5) is 4.39 Å². The fraction of sp³-hybridized carbons (Fsp3) is 0.435. The van der Waals surface area contributed by atoms with Crippen LogP contribution in [0.1, 0.15) is 42.3 Å². The van der Waals surface area contributed by atoms with E-state index in [1.165, 1.54) is 47.2 Å². The lowest BCUT2D eigenvalue weighted by molar-refractivity contribution is -0.136. The van der Waals surface area contributed by atoms with Gasteiger partial charge in [0.05, 0.1) is 18.9 Å². The molecule has 0 bridgehead atoms. The highest BCUT2D eigenvalue weighted by atomic mass is 35.5. The number of halogens is 2. The van der Waals surface area contributed by atoms with E-state index in [1.807, 2.05) is 5.38 Å². The normalized spacial score (nSPS) is 23.1. The number of amidine groups is 1. The zero-order valence-electron chi connectivity index (χ0n) is 19.5. The van der Waals surface area contributed by atoms with Gasteiger partial charge >= 0.3 is 5.97 Å². The molecule has 12 heteroatoms. The topological polar surface area (TPSA) is 101 Å². The summed E-state index contributed by atoms with van der Waals surface area (Å²) in [5.74, 6) is -0.631. The number of carbonyl (C=O) groups is 1. The quantitative estimate of drug-likeness (QED) is 0.558. The molecule has 35 heavy (non-hydrogen) atoms. The van der Waals surface area contributed by atoms with Gasteiger partial charge in [-0.3, -0.25) is 4.99 Å². The molecule has 2 aromatic rings. The number of hydrogen-bond acceptors (Lipinski definition) is 8. The Morgan fingerprint density at radius 2 is 2.00 bits per heavy atom. The number of nitrogens with zero attached hydrogens (tertiary/aromatic N) is 3. The van der Waals surface area contributed by atoms with E-state index in [2.05, 4.69) is 10.3 Å². The maximum Gasteiger partial charge on any atom is 0.338 e. The molecule has 0 amide bonds. The summed E-state index contributed by atoms with van der Waals surface area (Å²) in [6.45, 7) is 0. The summed E-state index contributed by atoms with van der Waals surface area (Å²) in [6, 6.07) is 3.07. The molecule has 0 radical (unpaired) electrons. The van der Waals surface area contributed by atoms with Gasteiger partial charge in [0.15, 0.2) is 10.8 Å². The van der Waals surface area contributed by atoms with Crippen LogP contribution >= 0.6 is 22.9 Å². The standard InChI is InChI=1S/C23H26ClFN4O4S2/c1-29(35(3,31)32)15-7-4-13(5-8-15)19-18(23(30)33-2)20(16-9-6-14(25)12-17(16)24)28-21(27-19)22-26-10-11-34-22/h6,9-13,15,20H,4-5,7-8H2,1-3H3,(H,27,28)/t13-,15-,20?. The molecule has 1 aliphatic carbocycles. The van der Waals surface area contributed by atoms with E-state index in [-0.39, 0.29) is 17.0 Å². The smallest absolute Gasteiger partial charge is 0.338 e. The number of ether oxygens (including phenoxy) is 1. The van der Waals surface area contributed by atoms with Crippen LogP contribution in [0, 0.1) is 11.7 Å². The number of hydrogen-bond donors (Lipinski definition) is 1. The zero-order chi connectivity index (χ0) is 25.3. The van der Waals surface area contributed by atoms with Gasteiger partial charge in [-0.05, 0) is 43.7 Å². The zero-order valence-corrected chi connectivity index (χ0v) is 21.9. The highest BCUT2D eigenvalue weighted by Crippen LogP contribution is 2.41. The first-order valence-corrected chi connectivity index (χ1v) is 14.2. The van der Waals surface area contributed by atoms with E-state index in [1.54, 1.807) is 13.2 Å². The number of nitrogens with one attached hydrogen (secondary N) is 1. The Balaban J connectivity index is 1.76. The predicted octanol–water partition coefficient (Wildman–Crippen LogP) is 3.90. The van der Waals surface area contributed by atoms with Crippen LogP contribution in [0.25, 0.3) is 0 Å². The molecule has 8 nitrogen and oxygen atoms in total. The van der Waals surface area contributed by atoms with Crippen LogP contribution in [0.15, 0.2) is 46.0 Å². The van der Waals surface area contributed by atoms with Crippen molar-refractivity contribution in [1.29, 1.82) is 0 Å². The second kappa shape index (κ2) is 10.3. The number of aliphatic imine (C=N–C) groups is 1. The van der Waals surface area contributed by atoms with Gasteiger partial charge in [0, 0.05) is 40.9 Å². The van der Waals surface area contributed by atoms with E-state index in [0.29, 0.717) is 53.4 Å². The van der Waals surface area contributed by atoms with Gasteiger partial charge in [0.2, 0.25) is 10.0 Å². The van der Waals surface area contributed by atoms with Crippen molar-refractivity contribution in [3.8, 4) is 0 Å². The van der Waals surface area contributed by atoms with Gasteiger partial charge in [-0.15, -0.1) is 11.3 Å². The molecule has 1 N–H and O–H groups in total. The minimum Gasteiger partial charge on any atom is -0.466 e. The first-order valence-electron chi connectivity index (χ1n) is 11.0. The lowest BCUT2D eigenvalue weighted by Gasteiger charge is -2.37. The maximum absolute atomic E-state index is 13.8. The second-order valence-corrected chi connectivity index (χ2v) is 12.0. The van der Waals surface area contributed by atoms with Gasteiger partial charge in [0.25, 0.3) is 0 Å². The third kappa shape index (κ3) is 5.42. The third-order valence-corrected chi connectivity index (χ3v) is 8.97. The molecule has 1 saturated carbocycles. The second-order valence-electron chi connectivity index (χ2n) is 8.61. The number of aromatic nitrogens is 1. The molecule has 2 heterocycles. The Hall–Kier alpha value is -2.34. The molecule has 1 fully saturated rings. The predicted molar refractivity (Wildman–Crippen MR) is 133 cm³/mol. The maximum atomic E-state index is 13.8. The molecule has 1 aliphatic heterocycles. The van der Waals surface area contributed by atoms with Crippen molar-refractivity contribution < 1.29 is 22.3 Å². The average molecular weight is 541 g/mol. The Bertz CT molecular complexity index is 1270. The Kier molecular flexibility index (Phi) is 7.60. The van der Waals surface area contributed by atoms with E-state index in [4.69, 9.17) is 21.3 Å². The van der Waals surface area contributed by atoms with Crippen molar-refractivity contribution in [2.24, 2.45) is 10.9 Å². The van der Waals surface area contributed by atoms with E-state index in [9.17, 15) is 17.6 Å². The van der Waals surface area contributed by atoms with Gasteiger partial charge in [-0.1, -0.05) is 17.7 Å². The summed E-state index contributed by atoms with van der Waals surface area (Å²) in [5.41, 5.74) is 1.44. The van der Waals surface area contributed by atoms with Gasteiger partial charge in [-0.25, -0.2) is 26.9 Å². The fourth-order valence-corrected chi connectivity index (χ4v) is 6.23. The number of sulfonamides is 1. The Labute approximate surface area is 212 Å². The lowest BCUT2D eigenvalue weighted by atomic mass is 9.80. The van der Waals surface area contributed by atoms with Crippen LogP contribution in [0.5, 0.6) is 0 Å². The fourth-order valence-electron chi connectivity index (χ4n) is 4.62. The SMILES string of the molecule is COC(=O)C1=C([C@H]2CC[C@H](N(C)S(C)(=O)=O)CC2)NC(c2nccs2)=NC1c1ccc(F)cc1Cl. The van der Waals surface area contributed by atoms with Crippen LogP contribution < -0.4 is 5.32 Å². The summed E-state index contributed by atoms with van der Waals surface area (Å²) in [4.78, 5) is 22.2. The van der Waals surface area contributed by atoms with Crippen molar-refractivity contribution in [1.82, 2.24) is 14.6 Å². The molecule has 1 atom stereocenters. The lowest BCUT2D eigenvalue weighted by Crippen LogP contribution is -2.42. The Morgan fingerprint density at radius 3 is 2.57 bits per heavy atom. The largest absolute Gasteiger partial charge is 0.466 e. The molecular formula is C23H26ClFN4O4S2. The number of benzene rings is 1. The number of allylic oxidation sites excluding steroid dienone is 1. The third-order valence-electron chi connectivity index (χ3n) is 6.51. The highest BCUT2D eigenvalue weighted by Gasteiger charge is 2.38. The molecule has 188 valence electrons.